The second-order valence-corrected chi connectivity index (χ2v) is 4.28. The Labute approximate surface area is 79.8 Å². The largest absolute Gasteiger partial charge is 0.287 e. The Morgan fingerprint density at radius 3 is 3.08 bits per heavy atom. The van der Waals surface area contributed by atoms with Crippen molar-refractivity contribution in [2.45, 2.75) is 11.7 Å². The number of anilines is 1. The molecule has 1 aliphatic rings. The highest BCUT2D eigenvalue weighted by Crippen LogP contribution is 2.25. The van der Waals surface area contributed by atoms with Crippen molar-refractivity contribution in [2.24, 2.45) is 0 Å². The first-order valence-corrected chi connectivity index (χ1v) is 5.05. The summed E-state index contributed by atoms with van der Waals surface area (Å²) in [6.07, 6.45) is 2.24. The van der Waals surface area contributed by atoms with Crippen LogP contribution in [0.2, 0.25) is 0 Å². The van der Waals surface area contributed by atoms with Gasteiger partial charge in [0.05, 0.1) is 0 Å². The van der Waals surface area contributed by atoms with Gasteiger partial charge in [-0.1, -0.05) is 0 Å². The van der Waals surface area contributed by atoms with Crippen LogP contribution in [0.25, 0.3) is 0 Å². The van der Waals surface area contributed by atoms with E-state index in [1.54, 1.807) is 11.1 Å². The Balaban J connectivity index is 2.21. The van der Waals surface area contributed by atoms with E-state index in [-0.39, 0.29) is 11.2 Å². The standard InChI is InChI=1S/C7H8N2OS2/c10-6-3-5(11)4-9(6)7-8-1-2-12-7/h1-2,5,11H,3-4H2. The molecule has 0 aliphatic carbocycles. The van der Waals surface area contributed by atoms with E-state index in [4.69, 9.17) is 0 Å². The van der Waals surface area contributed by atoms with Crippen molar-refractivity contribution in [2.75, 3.05) is 11.4 Å². The van der Waals surface area contributed by atoms with Crippen molar-refractivity contribution in [3.05, 3.63) is 11.6 Å². The molecule has 0 bridgehead atoms. The Bertz CT molecular complexity index is 286. The summed E-state index contributed by atoms with van der Waals surface area (Å²) >= 11 is 5.74. The zero-order valence-corrected chi connectivity index (χ0v) is 8.02. The average Bonchev–Trinajstić information content (AvgIpc) is 2.58. The Morgan fingerprint density at radius 1 is 1.75 bits per heavy atom. The maximum absolute atomic E-state index is 11.3. The van der Waals surface area contributed by atoms with Gasteiger partial charge < -0.3 is 0 Å². The van der Waals surface area contributed by atoms with Crippen LogP contribution in [-0.2, 0) is 4.79 Å². The third-order valence-corrected chi connectivity index (χ3v) is 2.90. The lowest BCUT2D eigenvalue weighted by Crippen LogP contribution is -2.24. The van der Waals surface area contributed by atoms with Crippen molar-refractivity contribution in [3.63, 3.8) is 0 Å². The number of hydrogen-bond donors (Lipinski definition) is 1. The number of amides is 1. The number of hydrogen-bond acceptors (Lipinski definition) is 4. The van der Waals surface area contributed by atoms with Crippen LogP contribution in [0.5, 0.6) is 0 Å². The molecule has 3 nitrogen and oxygen atoms in total. The fraction of sp³-hybridized carbons (Fsp3) is 0.429. The summed E-state index contributed by atoms with van der Waals surface area (Å²) in [5.41, 5.74) is 0. The van der Waals surface area contributed by atoms with Gasteiger partial charge in [0.2, 0.25) is 5.91 Å². The summed E-state index contributed by atoms with van der Waals surface area (Å²) in [5.74, 6) is 0.130. The molecule has 1 fully saturated rings. The average molecular weight is 200 g/mol. The smallest absolute Gasteiger partial charge is 0.229 e. The van der Waals surface area contributed by atoms with E-state index in [9.17, 15) is 4.79 Å². The minimum absolute atomic E-state index is 0.130. The summed E-state index contributed by atoms with van der Waals surface area (Å²) in [7, 11) is 0. The van der Waals surface area contributed by atoms with Gasteiger partial charge >= 0.3 is 0 Å². The maximum Gasteiger partial charge on any atom is 0.229 e. The Kier molecular flexibility index (Phi) is 2.06. The molecule has 0 radical (unpaired) electrons. The third kappa shape index (κ3) is 1.34. The van der Waals surface area contributed by atoms with Crippen LogP contribution >= 0.6 is 24.0 Å². The summed E-state index contributed by atoms with van der Waals surface area (Å²) < 4.78 is 0. The molecule has 0 aromatic carbocycles. The van der Waals surface area contributed by atoms with E-state index in [0.717, 1.165) is 5.13 Å². The number of aromatic nitrogens is 1. The normalized spacial score (nSPS) is 23.6. The van der Waals surface area contributed by atoms with Crippen LogP contribution in [0.3, 0.4) is 0 Å². The first-order valence-electron chi connectivity index (χ1n) is 3.65. The second-order valence-electron chi connectivity index (χ2n) is 2.68. The van der Waals surface area contributed by atoms with Crippen molar-refractivity contribution < 1.29 is 4.79 Å². The van der Waals surface area contributed by atoms with Crippen LogP contribution in [0.1, 0.15) is 6.42 Å². The van der Waals surface area contributed by atoms with Gasteiger partial charge in [-0.15, -0.1) is 11.3 Å². The minimum atomic E-state index is 0.130. The lowest BCUT2D eigenvalue weighted by Gasteiger charge is -2.10. The SMILES string of the molecule is O=C1CC(S)CN1c1nccs1. The number of carbonyl (C=O) groups is 1. The molecule has 1 saturated heterocycles. The Morgan fingerprint density at radius 2 is 2.58 bits per heavy atom. The number of nitrogens with zero attached hydrogens (tertiary/aromatic N) is 2. The van der Waals surface area contributed by atoms with Crippen LogP contribution < -0.4 is 4.90 Å². The van der Waals surface area contributed by atoms with Gasteiger partial charge in [0.15, 0.2) is 5.13 Å². The van der Waals surface area contributed by atoms with Crippen LogP contribution in [0.4, 0.5) is 5.13 Å². The molecule has 64 valence electrons. The molecule has 1 aliphatic heterocycles. The summed E-state index contributed by atoms with van der Waals surface area (Å²) in [6.45, 7) is 0.690. The number of thiazole rings is 1. The molecule has 1 unspecified atom stereocenters. The first-order chi connectivity index (χ1) is 5.77. The van der Waals surface area contributed by atoms with Gasteiger partial charge in [0.25, 0.3) is 0 Å². The molecular formula is C7H8N2OS2. The Hall–Kier alpha value is -0.550. The quantitative estimate of drug-likeness (QED) is 0.690. The monoisotopic (exact) mass is 200 g/mol. The molecule has 1 amide bonds. The molecule has 0 saturated carbocycles. The van der Waals surface area contributed by atoms with Crippen LogP contribution in [0.15, 0.2) is 11.6 Å². The van der Waals surface area contributed by atoms with Gasteiger partial charge in [-0.05, 0) is 0 Å². The lowest BCUT2D eigenvalue weighted by atomic mass is 10.4. The van der Waals surface area contributed by atoms with Crippen LogP contribution in [0, 0.1) is 0 Å². The van der Waals surface area contributed by atoms with Gasteiger partial charge in [-0.3, -0.25) is 9.69 Å². The van der Waals surface area contributed by atoms with Crippen LogP contribution in [-0.4, -0.2) is 22.7 Å². The fourth-order valence-corrected chi connectivity index (χ4v) is 2.21. The number of thiol groups is 1. The topological polar surface area (TPSA) is 33.2 Å². The zero-order valence-electron chi connectivity index (χ0n) is 6.30. The lowest BCUT2D eigenvalue weighted by molar-refractivity contribution is -0.117. The molecule has 12 heavy (non-hydrogen) atoms. The minimum Gasteiger partial charge on any atom is -0.287 e. The zero-order chi connectivity index (χ0) is 8.55. The number of rotatable bonds is 1. The van der Waals surface area contributed by atoms with Crippen molar-refractivity contribution in [3.8, 4) is 0 Å². The molecule has 0 spiro atoms. The van der Waals surface area contributed by atoms with Crippen molar-refractivity contribution in [1.29, 1.82) is 0 Å². The van der Waals surface area contributed by atoms with Crippen molar-refractivity contribution in [1.82, 2.24) is 4.98 Å². The van der Waals surface area contributed by atoms with E-state index in [2.05, 4.69) is 17.6 Å². The fourth-order valence-electron chi connectivity index (χ4n) is 1.22. The highest BCUT2D eigenvalue weighted by Gasteiger charge is 2.29. The molecule has 0 N–H and O–H groups in total. The van der Waals surface area contributed by atoms with Crippen molar-refractivity contribution >= 4 is 35.0 Å². The highest BCUT2D eigenvalue weighted by atomic mass is 32.1. The maximum atomic E-state index is 11.3. The predicted molar refractivity (Wildman–Crippen MR) is 51.9 cm³/mol. The van der Waals surface area contributed by atoms with E-state index >= 15 is 0 Å². The van der Waals surface area contributed by atoms with Gasteiger partial charge in [0.1, 0.15) is 0 Å². The summed E-state index contributed by atoms with van der Waals surface area (Å²) in [4.78, 5) is 17.1. The van der Waals surface area contributed by atoms with Gasteiger partial charge in [0, 0.05) is 29.8 Å². The van der Waals surface area contributed by atoms with Gasteiger partial charge in [-0.2, -0.15) is 12.6 Å². The molecule has 1 aromatic heterocycles. The second kappa shape index (κ2) is 3.06. The molecule has 5 heteroatoms. The van der Waals surface area contributed by atoms with E-state index in [0.29, 0.717) is 13.0 Å². The molecule has 2 rings (SSSR count). The molecule has 2 heterocycles. The molecule has 1 aromatic rings. The number of carbonyl (C=O) groups excluding carboxylic acids is 1. The highest BCUT2D eigenvalue weighted by molar-refractivity contribution is 7.81. The summed E-state index contributed by atoms with van der Waals surface area (Å²) in [6, 6.07) is 0. The molecule has 1 atom stereocenters. The first kappa shape index (κ1) is 8.07. The summed E-state index contributed by atoms with van der Waals surface area (Å²) in [5, 5.41) is 2.83. The predicted octanol–water partition coefficient (Wildman–Crippen LogP) is 1.18. The molecular weight excluding hydrogens is 192 g/mol. The van der Waals surface area contributed by atoms with E-state index in [1.807, 2.05) is 5.38 Å². The third-order valence-electron chi connectivity index (χ3n) is 1.75. The van der Waals surface area contributed by atoms with E-state index < -0.39 is 0 Å². The van der Waals surface area contributed by atoms with Gasteiger partial charge in [-0.25, -0.2) is 4.98 Å². The van der Waals surface area contributed by atoms with E-state index in [1.165, 1.54) is 11.3 Å².